The fourth-order valence-corrected chi connectivity index (χ4v) is 3.67. The largest absolute Gasteiger partial charge is 0.457 e. The summed E-state index contributed by atoms with van der Waals surface area (Å²) in [6.07, 6.45) is 1.08. The van der Waals surface area contributed by atoms with E-state index in [1.54, 1.807) is 45.0 Å². The van der Waals surface area contributed by atoms with Gasteiger partial charge in [0.15, 0.2) is 0 Å². The Morgan fingerprint density at radius 3 is 2.36 bits per heavy atom. The summed E-state index contributed by atoms with van der Waals surface area (Å²) >= 11 is 0. The van der Waals surface area contributed by atoms with Crippen LogP contribution in [0.3, 0.4) is 0 Å². The molecule has 28 heavy (non-hydrogen) atoms. The van der Waals surface area contributed by atoms with Crippen molar-refractivity contribution < 1.29 is 31.7 Å². The first kappa shape index (κ1) is 22.2. The Labute approximate surface area is 165 Å². The predicted molar refractivity (Wildman–Crippen MR) is 102 cm³/mol. The van der Waals surface area contributed by atoms with E-state index in [2.05, 4.69) is 0 Å². The summed E-state index contributed by atoms with van der Waals surface area (Å²) in [5.74, 6) is -0.938. The number of hydrogen-bond donors (Lipinski definition) is 0. The van der Waals surface area contributed by atoms with E-state index in [4.69, 9.17) is 13.7 Å². The van der Waals surface area contributed by atoms with Gasteiger partial charge in [0.1, 0.15) is 12.2 Å². The average Bonchev–Trinajstić information content (AvgIpc) is 2.58. The van der Waals surface area contributed by atoms with E-state index in [9.17, 15) is 18.0 Å². The predicted octanol–water partition coefficient (Wildman–Crippen LogP) is 2.82. The molecule has 1 heterocycles. The lowest BCUT2D eigenvalue weighted by molar-refractivity contribution is -0.186. The van der Waals surface area contributed by atoms with Crippen LogP contribution in [-0.2, 0) is 35.2 Å². The molecule has 1 unspecified atom stereocenters. The van der Waals surface area contributed by atoms with Gasteiger partial charge in [-0.1, -0.05) is 30.3 Å². The standard InChI is InChI=1S/C19H27NO7S/c1-18(2,3)26-17(22)20-13-9-8-12-19(20,27-28(4,23)24)16(21)25-14-15-10-6-5-7-11-15/h5-7,10-11H,8-9,12-14H2,1-4H3. The summed E-state index contributed by atoms with van der Waals surface area (Å²) < 4.78 is 39.8. The highest BCUT2D eigenvalue weighted by molar-refractivity contribution is 7.86. The van der Waals surface area contributed by atoms with Gasteiger partial charge in [-0.05, 0) is 39.2 Å². The van der Waals surface area contributed by atoms with Crippen LogP contribution >= 0.6 is 0 Å². The highest BCUT2D eigenvalue weighted by Gasteiger charge is 2.54. The van der Waals surface area contributed by atoms with Gasteiger partial charge < -0.3 is 9.47 Å². The zero-order chi connectivity index (χ0) is 21.0. The molecule has 1 aromatic rings. The fraction of sp³-hybridized carbons (Fsp3) is 0.579. The molecular formula is C19H27NO7S. The lowest BCUT2D eigenvalue weighted by Gasteiger charge is -2.43. The number of carbonyl (C=O) groups is 2. The number of benzene rings is 1. The Balaban J connectivity index is 2.33. The molecule has 0 aromatic heterocycles. The van der Waals surface area contributed by atoms with Gasteiger partial charge in [0.05, 0.1) is 6.26 Å². The maximum absolute atomic E-state index is 13.0. The van der Waals surface area contributed by atoms with Gasteiger partial charge in [0.25, 0.3) is 15.8 Å². The second-order valence-electron chi connectivity index (χ2n) is 7.72. The quantitative estimate of drug-likeness (QED) is 0.540. The monoisotopic (exact) mass is 413 g/mol. The maximum atomic E-state index is 13.0. The Morgan fingerprint density at radius 2 is 1.79 bits per heavy atom. The molecule has 1 aromatic carbocycles. The second-order valence-corrected chi connectivity index (χ2v) is 9.30. The SMILES string of the molecule is CC(C)(C)OC(=O)N1CCCCC1(OS(C)(=O)=O)C(=O)OCc1ccccc1. The third kappa shape index (κ3) is 5.93. The van der Waals surface area contributed by atoms with Crippen LogP contribution in [0.25, 0.3) is 0 Å². The van der Waals surface area contributed by atoms with Crippen LogP contribution in [0, 0.1) is 0 Å². The van der Waals surface area contributed by atoms with Crippen molar-refractivity contribution in [2.45, 2.75) is 58.0 Å². The second kappa shape index (κ2) is 8.48. The van der Waals surface area contributed by atoms with Gasteiger partial charge >= 0.3 is 12.1 Å². The molecule has 0 N–H and O–H groups in total. The number of amides is 1. The number of rotatable bonds is 5. The number of nitrogens with zero attached hydrogens (tertiary/aromatic N) is 1. The zero-order valence-corrected chi connectivity index (χ0v) is 17.5. The Hall–Kier alpha value is -2.13. The van der Waals surface area contributed by atoms with Crippen LogP contribution in [-0.4, -0.2) is 49.5 Å². The first-order valence-corrected chi connectivity index (χ1v) is 10.9. The zero-order valence-electron chi connectivity index (χ0n) is 16.6. The smallest absolute Gasteiger partial charge is 0.413 e. The summed E-state index contributed by atoms with van der Waals surface area (Å²) in [5.41, 5.74) is -2.17. The van der Waals surface area contributed by atoms with Crippen molar-refractivity contribution in [2.24, 2.45) is 0 Å². The Bertz CT molecular complexity index is 801. The van der Waals surface area contributed by atoms with Crippen LogP contribution in [0.15, 0.2) is 30.3 Å². The molecule has 1 amide bonds. The molecule has 1 aliphatic heterocycles. The third-order valence-corrected chi connectivity index (χ3v) is 4.60. The summed E-state index contributed by atoms with van der Waals surface area (Å²) in [5, 5.41) is 0. The van der Waals surface area contributed by atoms with Gasteiger partial charge in [-0.2, -0.15) is 8.42 Å². The van der Waals surface area contributed by atoms with Crippen molar-refractivity contribution in [3.63, 3.8) is 0 Å². The van der Waals surface area contributed by atoms with E-state index < -0.39 is 33.5 Å². The highest BCUT2D eigenvalue weighted by atomic mass is 32.2. The number of likely N-dealkylation sites (tertiary alicyclic amines) is 1. The Morgan fingerprint density at radius 1 is 1.14 bits per heavy atom. The molecule has 1 atom stereocenters. The number of piperidine rings is 1. The van der Waals surface area contributed by atoms with Crippen LogP contribution in [0.5, 0.6) is 0 Å². The molecule has 1 fully saturated rings. The topological polar surface area (TPSA) is 99.2 Å². The summed E-state index contributed by atoms with van der Waals surface area (Å²) in [6.45, 7) is 5.09. The van der Waals surface area contributed by atoms with Gasteiger partial charge in [-0.15, -0.1) is 0 Å². The van der Waals surface area contributed by atoms with Crippen molar-refractivity contribution in [2.75, 3.05) is 12.8 Å². The maximum Gasteiger partial charge on any atom is 0.413 e. The number of carbonyl (C=O) groups excluding carboxylic acids is 2. The van der Waals surface area contributed by atoms with Crippen molar-refractivity contribution >= 4 is 22.2 Å². The summed E-state index contributed by atoms with van der Waals surface area (Å²) in [4.78, 5) is 26.7. The fourth-order valence-electron chi connectivity index (χ4n) is 2.93. The molecule has 0 radical (unpaired) electrons. The van der Waals surface area contributed by atoms with Gasteiger partial charge in [0, 0.05) is 13.0 Å². The Kier molecular flexibility index (Phi) is 6.71. The first-order valence-electron chi connectivity index (χ1n) is 9.05. The van der Waals surface area contributed by atoms with Crippen molar-refractivity contribution in [3.8, 4) is 0 Å². The number of esters is 1. The van der Waals surface area contributed by atoms with E-state index in [0.717, 1.165) is 16.7 Å². The summed E-state index contributed by atoms with van der Waals surface area (Å²) in [7, 11) is -4.07. The molecule has 8 nitrogen and oxygen atoms in total. The van der Waals surface area contributed by atoms with E-state index >= 15 is 0 Å². The molecule has 0 spiro atoms. The normalized spacial score (nSPS) is 20.5. The van der Waals surface area contributed by atoms with Crippen molar-refractivity contribution in [1.82, 2.24) is 4.90 Å². The van der Waals surface area contributed by atoms with Crippen LogP contribution in [0.1, 0.15) is 45.6 Å². The van der Waals surface area contributed by atoms with Gasteiger partial charge in [-0.3, -0.25) is 4.90 Å². The van der Waals surface area contributed by atoms with E-state index in [1.165, 1.54) is 0 Å². The molecule has 1 aliphatic rings. The lowest BCUT2D eigenvalue weighted by atomic mass is 9.98. The van der Waals surface area contributed by atoms with Crippen LogP contribution < -0.4 is 0 Å². The van der Waals surface area contributed by atoms with E-state index in [0.29, 0.717) is 12.8 Å². The van der Waals surface area contributed by atoms with Crippen LogP contribution in [0.2, 0.25) is 0 Å². The molecule has 0 bridgehead atoms. The minimum absolute atomic E-state index is 0.00701. The molecule has 0 saturated carbocycles. The number of ether oxygens (including phenoxy) is 2. The minimum atomic E-state index is -4.07. The molecular weight excluding hydrogens is 386 g/mol. The van der Waals surface area contributed by atoms with E-state index in [-0.39, 0.29) is 19.6 Å². The van der Waals surface area contributed by atoms with E-state index in [1.807, 2.05) is 6.07 Å². The lowest BCUT2D eigenvalue weighted by Crippen LogP contribution is -2.62. The number of hydrogen-bond acceptors (Lipinski definition) is 7. The van der Waals surface area contributed by atoms with Crippen LogP contribution in [0.4, 0.5) is 4.79 Å². The van der Waals surface area contributed by atoms with Gasteiger partial charge in [0.2, 0.25) is 0 Å². The molecule has 9 heteroatoms. The highest BCUT2D eigenvalue weighted by Crippen LogP contribution is 2.34. The third-order valence-electron chi connectivity index (χ3n) is 4.02. The summed E-state index contributed by atoms with van der Waals surface area (Å²) in [6, 6.07) is 8.94. The molecule has 2 rings (SSSR count). The molecule has 1 saturated heterocycles. The molecule has 0 aliphatic carbocycles. The average molecular weight is 413 g/mol. The van der Waals surface area contributed by atoms with Crippen molar-refractivity contribution in [3.05, 3.63) is 35.9 Å². The molecule has 156 valence electrons. The van der Waals surface area contributed by atoms with Gasteiger partial charge in [-0.25, -0.2) is 13.8 Å². The minimum Gasteiger partial charge on any atom is -0.457 e. The van der Waals surface area contributed by atoms with Crippen molar-refractivity contribution in [1.29, 1.82) is 0 Å². The first-order chi connectivity index (χ1) is 12.9.